The highest BCUT2D eigenvalue weighted by Crippen LogP contribution is 2.28. The van der Waals surface area contributed by atoms with Crippen molar-refractivity contribution in [2.45, 2.75) is 25.8 Å². The molecule has 0 aliphatic carbocycles. The summed E-state index contributed by atoms with van der Waals surface area (Å²) in [4.78, 5) is 0. The molecule has 1 aromatic heterocycles. The molecule has 0 aliphatic rings. The van der Waals surface area contributed by atoms with Gasteiger partial charge in [-0.3, -0.25) is 0 Å². The molecule has 0 amide bonds. The van der Waals surface area contributed by atoms with Gasteiger partial charge in [0.2, 0.25) is 0 Å². The van der Waals surface area contributed by atoms with Crippen molar-refractivity contribution >= 4 is 34.2 Å². The van der Waals surface area contributed by atoms with E-state index >= 15 is 0 Å². The van der Waals surface area contributed by atoms with Crippen LogP contribution in [0.5, 0.6) is 0 Å². The van der Waals surface area contributed by atoms with Gasteiger partial charge in [-0.05, 0) is 30.5 Å². The van der Waals surface area contributed by atoms with Crippen LogP contribution in [0.4, 0.5) is 0 Å². The van der Waals surface area contributed by atoms with Crippen molar-refractivity contribution in [1.82, 2.24) is 4.57 Å². The predicted molar refractivity (Wildman–Crippen MR) is 89.6 cm³/mol. The maximum absolute atomic E-state index is 6.06. The van der Waals surface area contributed by atoms with Crippen LogP contribution in [-0.2, 0) is 13.5 Å². The first-order valence-corrected chi connectivity index (χ1v) is 6.92. The SMILES string of the molecule is CCC(N)Cc1ccc2c3ccccc3n(C)c2c1.Cl. The Balaban J connectivity index is 0.00000147. The Hall–Kier alpha value is -1.51. The van der Waals surface area contributed by atoms with Gasteiger partial charge in [0.25, 0.3) is 0 Å². The first-order valence-electron chi connectivity index (χ1n) is 6.92. The Kier molecular flexibility index (Phi) is 4.36. The summed E-state index contributed by atoms with van der Waals surface area (Å²) in [5, 5.41) is 2.65. The molecule has 2 nitrogen and oxygen atoms in total. The molecule has 0 radical (unpaired) electrons. The van der Waals surface area contributed by atoms with Crippen LogP contribution < -0.4 is 5.73 Å². The number of benzene rings is 2. The van der Waals surface area contributed by atoms with Gasteiger partial charge in [0.05, 0.1) is 0 Å². The molecule has 0 saturated heterocycles. The van der Waals surface area contributed by atoms with Crippen LogP contribution in [0.25, 0.3) is 21.8 Å². The minimum Gasteiger partial charge on any atom is -0.344 e. The molecule has 1 atom stereocenters. The van der Waals surface area contributed by atoms with Crippen LogP contribution in [0, 0.1) is 0 Å². The Morgan fingerprint density at radius 1 is 1.05 bits per heavy atom. The summed E-state index contributed by atoms with van der Waals surface area (Å²) < 4.78 is 2.27. The van der Waals surface area contributed by atoms with Crippen molar-refractivity contribution in [3.05, 3.63) is 48.0 Å². The second-order valence-electron chi connectivity index (χ2n) is 5.30. The molecule has 0 bridgehead atoms. The maximum atomic E-state index is 6.06. The van der Waals surface area contributed by atoms with E-state index in [4.69, 9.17) is 5.73 Å². The summed E-state index contributed by atoms with van der Waals surface area (Å²) in [6, 6.07) is 15.5. The van der Waals surface area contributed by atoms with E-state index in [1.165, 1.54) is 27.4 Å². The van der Waals surface area contributed by atoms with Gasteiger partial charge in [-0.25, -0.2) is 0 Å². The molecule has 2 aromatic carbocycles. The number of hydrogen-bond donors (Lipinski definition) is 1. The van der Waals surface area contributed by atoms with E-state index in [1.54, 1.807) is 0 Å². The van der Waals surface area contributed by atoms with Crippen molar-refractivity contribution in [2.75, 3.05) is 0 Å². The largest absolute Gasteiger partial charge is 0.344 e. The van der Waals surface area contributed by atoms with Gasteiger partial charge >= 0.3 is 0 Å². The molecule has 106 valence electrons. The van der Waals surface area contributed by atoms with E-state index in [0.717, 1.165) is 12.8 Å². The van der Waals surface area contributed by atoms with Gasteiger partial charge in [0.1, 0.15) is 0 Å². The van der Waals surface area contributed by atoms with Crippen molar-refractivity contribution in [3.63, 3.8) is 0 Å². The fourth-order valence-corrected chi connectivity index (χ4v) is 2.78. The Morgan fingerprint density at radius 3 is 2.50 bits per heavy atom. The lowest BCUT2D eigenvalue weighted by Gasteiger charge is -2.09. The lowest BCUT2D eigenvalue weighted by molar-refractivity contribution is 0.646. The second-order valence-corrected chi connectivity index (χ2v) is 5.30. The van der Waals surface area contributed by atoms with Crippen LogP contribution in [-0.4, -0.2) is 10.6 Å². The van der Waals surface area contributed by atoms with Gasteiger partial charge < -0.3 is 10.3 Å². The van der Waals surface area contributed by atoms with Crippen LogP contribution in [0.15, 0.2) is 42.5 Å². The average Bonchev–Trinajstić information content (AvgIpc) is 2.73. The molecule has 1 heterocycles. The van der Waals surface area contributed by atoms with Crippen LogP contribution in [0.3, 0.4) is 0 Å². The number of rotatable bonds is 3. The molecule has 3 heteroatoms. The third kappa shape index (κ3) is 2.41. The summed E-state index contributed by atoms with van der Waals surface area (Å²) >= 11 is 0. The zero-order valence-electron chi connectivity index (χ0n) is 12.0. The molecule has 2 N–H and O–H groups in total. The fraction of sp³-hybridized carbons (Fsp3) is 0.294. The number of aromatic nitrogens is 1. The molecular formula is C17H21ClN2. The van der Waals surface area contributed by atoms with Gasteiger partial charge in [0, 0.05) is 34.9 Å². The Morgan fingerprint density at radius 2 is 1.75 bits per heavy atom. The number of hydrogen-bond acceptors (Lipinski definition) is 1. The summed E-state index contributed by atoms with van der Waals surface area (Å²) in [7, 11) is 2.13. The lowest BCUT2D eigenvalue weighted by atomic mass is 10.0. The molecule has 0 saturated carbocycles. The molecule has 3 aromatic rings. The predicted octanol–water partition coefficient (Wildman–Crippen LogP) is 4.03. The first kappa shape index (κ1) is 14.9. The highest BCUT2D eigenvalue weighted by molar-refractivity contribution is 6.08. The van der Waals surface area contributed by atoms with Crippen molar-refractivity contribution in [1.29, 1.82) is 0 Å². The first-order chi connectivity index (χ1) is 9.20. The number of nitrogens with zero attached hydrogens (tertiary/aromatic N) is 1. The lowest BCUT2D eigenvalue weighted by Crippen LogP contribution is -2.21. The topological polar surface area (TPSA) is 30.9 Å². The highest BCUT2D eigenvalue weighted by atomic mass is 35.5. The molecule has 0 fully saturated rings. The van der Waals surface area contributed by atoms with Crippen LogP contribution in [0.2, 0.25) is 0 Å². The quantitative estimate of drug-likeness (QED) is 0.775. The van der Waals surface area contributed by atoms with Gasteiger partial charge in [-0.15, -0.1) is 12.4 Å². The van der Waals surface area contributed by atoms with Crippen molar-refractivity contribution < 1.29 is 0 Å². The number of fused-ring (bicyclic) bond motifs is 3. The van der Waals surface area contributed by atoms with Crippen molar-refractivity contribution in [3.8, 4) is 0 Å². The van der Waals surface area contributed by atoms with E-state index in [9.17, 15) is 0 Å². The molecule has 20 heavy (non-hydrogen) atoms. The van der Waals surface area contributed by atoms with Crippen LogP contribution >= 0.6 is 12.4 Å². The van der Waals surface area contributed by atoms with Crippen molar-refractivity contribution in [2.24, 2.45) is 12.8 Å². The Labute approximate surface area is 126 Å². The third-order valence-corrected chi connectivity index (χ3v) is 4.00. The minimum atomic E-state index is 0. The number of nitrogens with two attached hydrogens (primary N) is 1. The normalized spacial score (nSPS) is 12.6. The standard InChI is InChI=1S/C17H20N2.ClH/c1-3-13(18)10-12-8-9-15-14-6-4-5-7-16(14)19(2)17(15)11-12;/h4-9,11,13H,3,10,18H2,1-2H3;1H. The number of halogens is 1. The average molecular weight is 289 g/mol. The third-order valence-electron chi connectivity index (χ3n) is 4.00. The molecule has 0 aliphatic heterocycles. The molecular weight excluding hydrogens is 268 g/mol. The summed E-state index contributed by atoms with van der Waals surface area (Å²) in [6.07, 6.45) is 1.97. The van der Waals surface area contributed by atoms with Crippen LogP contribution in [0.1, 0.15) is 18.9 Å². The van der Waals surface area contributed by atoms with E-state index in [0.29, 0.717) is 0 Å². The highest BCUT2D eigenvalue weighted by Gasteiger charge is 2.09. The molecule has 1 unspecified atom stereocenters. The van der Waals surface area contributed by atoms with Gasteiger partial charge in [-0.2, -0.15) is 0 Å². The van der Waals surface area contributed by atoms with E-state index in [2.05, 4.69) is 61.0 Å². The van der Waals surface area contributed by atoms with Gasteiger partial charge in [-0.1, -0.05) is 37.3 Å². The zero-order chi connectivity index (χ0) is 13.4. The van der Waals surface area contributed by atoms with Gasteiger partial charge in [0.15, 0.2) is 0 Å². The Bertz CT molecular complexity index is 730. The van der Waals surface area contributed by atoms with E-state index in [1.807, 2.05) is 0 Å². The second kappa shape index (κ2) is 5.86. The fourth-order valence-electron chi connectivity index (χ4n) is 2.78. The monoisotopic (exact) mass is 288 g/mol. The molecule has 0 spiro atoms. The summed E-state index contributed by atoms with van der Waals surface area (Å²) in [5.74, 6) is 0. The maximum Gasteiger partial charge on any atom is 0.0491 e. The summed E-state index contributed by atoms with van der Waals surface area (Å²) in [5.41, 5.74) is 9.96. The number of para-hydroxylation sites is 1. The smallest absolute Gasteiger partial charge is 0.0491 e. The van der Waals surface area contributed by atoms with E-state index < -0.39 is 0 Å². The number of aryl methyl sites for hydroxylation is 1. The molecule has 3 rings (SSSR count). The minimum absolute atomic E-state index is 0. The van der Waals surface area contributed by atoms with E-state index in [-0.39, 0.29) is 18.4 Å². The zero-order valence-corrected chi connectivity index (χ0v) is 12.8. The summed E-state index contributed by atoms with van der Waals surface area (Å²) in [6.45, 7) is 2.14.